The Morgan fingerprint density at radius 2 is 2.16 bits per heavy atom. The molecule has 0 aromatic carbocycles. The average molecular weight is 269 g/mol. The third kappa shape index (κ3) is 5.11. The van der Waals surface area contributed by atoms with E-state index in [1.54, 1.807) is 0 Å². The van der Waals surface area contributed by atoms with E-state index < -0.39 is 0 Å². The zero-order valence-electron chi connectivity index (χ0n) is 13.0. The highest BCUT2D eigenvalue weighted by atomic mass is 16.2. The van der Waals surface area contributed by atoms with E-state index in [1.807, 2.05) is 6.92 Å². The Kier molecular flexibility index (Phi) is 7.39. The van der Waals surface area contributed by atoms with E-state index in [9.17, 15) is 4.79 Å². The van der Waals surface area contributed by atoms with Crippen LogP contribution in [0.25, 0.3) is 0 Å². The van der Waals surface area contributed by atoms with Crippen molar-refractivity contribution in [2.24, 2.45) is 0 Å². The molecule has 19 heavy (non-hydrogen) atoms. The van der Waals surface area contributed by atoms with E-state index in [-0.39, 0.29) is 18.0 Å². The van der Waals surface area contributed by atoms with Crippen LogP contribution in [0.1, 0.15) is 53.4 Å². The van der Waals surface area contributed by atoms with Gasteiger partial charge in [-0.1, -0.05) is 20.3 Å². The molecule has 0 spiro atoms. The van der Waals surface area contributed by atoms with E-state index in [0.717, 1.165) is 32.5 Å². The van der Waals surface area contributed by atoms with E-state index >= 15 is 0 Å². The average Bonchev–Trinajstić information content (AvgIpc) is 2.40. The first kappa shape index (κ1) is 16.4. The molecule has 0 aromatic heterocycles. The Balaban J connectivity index is 2.51. The van der Waals surface area contributed by atoms with E-state index in [0.29, 0.717) is 6.04 Å². The van der Waals surface area contributed by atoms with Crippen LogP contribution in [0.3, 0.4) is 0 Å². The lowest BCUT2D eigenvalue weighted by atomic mass is 10.0. The number of carbonyl (C=O) groups is 1. The highest BCUT2D eigenvalue weighted by Crippen LogP contribution is 2.14. The Hall–Kier alpha value is -0.610. The second-order valence-corrected chi connectivity index (χ2v) is 5.70. The van der Waals surface area contributed by atoms with Crippen LogP contribution < -0.4 is 10.6 Å². The normalized spacial score (nSPS) is 23.1. The molecule has 1 fully saturated rings. The lowest BCUT2D eigenvalue weighted by Gasteiger charge is -2.37. The summed E-state index contributed by atoms with van der Waals surface area (Å²) < 4.78 is 0. The number of carbonyl (C=O) groups excluding carboxylic acids is 1. The molecule has 0 saturated carbocycles. The van der Waals surface area contributed by atoms with E-state index in [2.05, 4.69) is 36.3 Å². The number of hydrogen-bond acceptors (Lipinski definition) is 3. The van der Waals surface area contributed by atoms with Crippen LogP contribution in [-0.2, 0) is 4.79 Å². The van der Waals surface area contributed by atoms with Gasteiger partial charge in [0.25, 0.3) is 0 Å². The first-order chi connectivity index (χ1) is 9.10. The number of amides is 1. The zero-order valence-corrected chi connectivity index (χ0v) is 13.0. The predicted molar refractivity (Wildman–Crippen MR) is 80.2 cm³/mol. The molecule has 2 N–H and O–H groups in total. The molecule has 1 rings (SSSR count). The number of rotatable bonds is 7. The van der Waals surface area contributed by atoms with Crippen LogP contribution in [0.2, 0.25) is 0 Å². The molecule has 0 radical (unpaired) electrons. The summed E-state index contributed by atoms with van der Waals surface area (Å²) in [6, 6.07) is 0.748. The van der Waals surface area contributed by atoms with Crippen LogP contribution in [0.15, 0.2) is 0 Å². The van der Waals surface area contributed by atoms with Crippen molar-refractivity contribution in [3.8, 4) is 0 Å². The Labute approximate surface area is 118 Å². The molecule has 112 valence electrons. The largest absolute Gasteiger partial charge is 0.352 e. The van der Waals surface area contributed by atoms with Gasteiger partial charge in [-0.2, -0.15) is 0 Å². The lowest BCUT2D eigenvalue weighted by Crippen LogP contribution is -2.55. The van der Waals surface area contributed by atoms with Gasteiger partial charge < -0.3 is 10.6 Å². The van der Waals surface area contributed by atoms with Crippen molar-refractivity contribution >= 4 is 5.91 Å². The van der Waals surface area contributed by atoms with Crippen LogP contribution in [0, 0.1) is 0 Å². The SMILES string of the molecule is CCCC(C)NC(=O)C(C)N(CC)C1CCCNC1. The van der Waals surface area contributed by atoms with Crippen molar-refractivity contribution in [1.82, 2.24) is 15.5 Å². The van der Waals surface area contributed by atoms with Crippen LogP contribution in [-0.4, -0.2) is 48.6 Å². The Morgan fingerprint density at radius 3 is 2.68 bits per heavy atom. The van der Waals surface area contributed by atoms with Crippen LogP contribution in [0.4, 0.5) is 0 Å². The first-order valence-electron chi connectivity index (χ1n) is 7.86. The monoisotopic (exact) mass is 269 g/mol. The first-order valence-corrected chi connectivity index (χ1v) is 7.86. The summed E-state index contributed by atoms with van der Waals surface area (Å²) in [4.78, 5) is 14.6. The third-order valence-corrected chi connectivity index (χ3v) is 4.09. The molecule has 1 aliphatic rings. The van der Waals surface area contributed by atoms with Crippen molar-refractivity contribution in [1.29, 1.82) is 0 Å². The molecule has 3 unspecified atom stereocenters. The molecule has 4 nitrogen and oxygen atoms in total. The third-order valence-electron chi connectivity index (χ3n) is 4.09. The van der Waals surface area contributed by atoms with Gasteiger partial charge in [0.2, 0.25) is 5.91 Å². The van der Waals surface area contributed by atoms with Gasteiger partial charge in [0.05, 0.1) is 6.04 Å². The number of nitrogens with zero attached hydrogens (tertiary/aromatic N) is 1. The zero-order chi connectivity index (χ0) is 14.3. The summed E-state index contributed by atoms with van der Waals surface area (Å²) in [5.41, 5.74) is 0. The summed E-state index contributed by atoms with van der Waals surface area (Å²) in [5.74, 6) is 0.174. The fourth-order valence-electron chi connectivity index (χ4n) is 2.98. The number of likely N-dealkylation sites (N-methyl/N-ethyl adjacent to an activating group) is 1. The highest BCUT2D eigenvalue weighted by Gasteiger charge is 2.28. The highest BCUT2D eigenvalue weighted by molar-refractivity contribution is 5.81. The smallest absolute Gasteiger partial charge is 0.237 e. The van der Waals surface area contributed by atoms with Gasteiger partial charge in [-0.25, -0.2) is 0 Å². The number of hydrogen-bond donors (Lipinski definition) is 2. The minimum Gasteiger partial charge on any atom is -0.352 e. The maximum absolute atomic E-state index is 12.3. The van der Waals surface area contributed by atoms with Gasteiger partial charge in [0, 0.05) is 18.6 Å². The quantitative estimate of drug-likeness (QED) is 0.740. The van der Waals surface area contributed by atoms with Crippen molar-refractivity contribution in [2.75, 3.05) is 19.6 Å². The Morgan fingerprint density at radius 1 is 1.42 bits per heavy atom. The van der Waals surface area contributed by atoms with E-state index in [1.165, 1.54) is 12.8 Å². The molecule has 4 heteroatoms. The minimum atomic E-state index is -0.0331. The van der Waals surface area contributed by atoms with Crippen molar-refractivity contribution < 1.29 is 4.79 Å². The fraction of sp³-hybridized carbons (Fsp3) is 0.933. The minimum absolute atomic E-state index is 0.0331. The summed E-state index contributed by atoms with van der Waals surface area (Å²) in [6.45, 7) is 11.5. The lowest BCUT2D eigenvalue weighted by molar-refractivity contribution is -0.127. The van der Waals surface area contributed by atoms with Gasteiger partial charge in [-0.15, -0.1) is 0 Å². The summed E-state index contributed by atoms with van der Waals surface area (Å²) in [7, 11) is 0. The summed E-state index contributed by atoms with van der Waals surface area (Å²) in [5, 5.41) is 6.56. The molecular formula is C15H31N3O. The second-order valence-electron chi connectivity index (χ2n) is 5.70. The second kappa shape index (κ2) is 8.54. The molecule has 1 aliphatic heterocycles. The van der Waals surface area contributed by atoms with Crippen molar-refractivity contribution in [2.45, 2.75) is 71.5 Å². The molecule has 1 amide bonds. The van der Waals surface area contributed by atoms with Crippen LogP contribution >= 0.6 is 0 Å². The maximum atomic E-state index is 12.3. The summed E-state index contributed by atoms with van der Waals surface area (Å²) in [6.07, 6.45) is 4.57. The van der Waals surface area contributed by atoms with Gasteiger partial charge in [0.1, 0.15) is 0 Å². The van der Waals surface area contributed by atoms with Gasteiger partial charge in [-0.3, -0.25) is 9.69 Å². The molecule has 0 aliphatic carbocycles. The molecule has 0 bridgehead atoms. The van der Waals surface area contributed by atoms with E-state index in [4.69, 9.17) is 0 Å². The van der Waals surface area contributed by atoms with Gasteiger partial charge in [-0.05, 0) is 46.2 Å². The van der Waals surface area contributed by atoms with Gasteiger partial charge in [0.15, 0.2) is 0 Å². The molecule has 1 saturated heterocycles. The number of piperidine rings is 1. The Bertz CT molecular complexity index is 264. The molecular weight excluding hydrogens is 238 g/mol. The predicted octanol–water partition coefficient (Wildman–Crippen LogP) is 1.75. The van der Waals surface area contributed by atoms with Crippen molar-refractivity contribution in [3.05, 3.63) is 0 Å². The standard InChI is InChI=1S/C15H31N3O/c1-5-8-12(3)17-15(19)13(4)18(6-2)14-9-7-10-16-11-14/h12-14,16H,5-11H2,1-4H3,(H,17,19). The number of nitrogens with one attached hydrogen (secondary N) is 2. The molecule has 0 aromatic rings. The topological polar surface area (TPSA) is 44.4 Å². The van der Waals surface area contributed by atoms with Gasteiger partial charge >= 0.3 is 0 Å². The molecule has 3 atom stereocenters. The summed E-state index contributed by atoms with van der Waals surface area (Å²) >= 11 is 0. The fourth-order valence-corrected chi connectivity index (χ4v) is 2.98. The van der Waals surface area contributed by atoms with Crippen molar-refractivity contribution in [3.63, 3.8) is 0 Å². The maximum Gasteiger partial charge on any atom is 0.237 e. The molecule has 1 heterocycles. The van der Waals surface area contributed by atoms with Crippen LogP contribution in [0.5, 0.6) is 0 Å².